The van der Waals surface area contributed by atoms with E-state index in [1.165, 1.54) is 0 Å². The molecule has 0 atom stereocenters. The molecule has 1 aromatic heterocycles. The van der Waals surface area contributed by atoms with Crippen LogP contribution in [0.15, 0.2) is 6.07 Å². The van der Waals surface area contributed by atoms with E-state index >= 15 is 0 Å². The third kappa shape index (κ3) is 4.34. The Labute approximate surface area is 109 Å². The summed E-state index contributed by atoms with van der Waals surface area (Å²) in [4.78, 5) is 4.35. The van der Waals surface area contributed by atoms with Crippen LogP contribution < -0.4 is 5.32 Å². The smallest absolute Gasteiger partial charge is 0.144 e. The molecule has 4 heteroatoms. The topological polar surface area (TPSA) is 57.9 Å². The molecule has 0 amide bonds. The molecule has 98 valence electrons. The van der Waals surface area contributed by atoms with E-state index in [0.29, 0.717) is 24.5 Å². The molecule has 0 unspecified atom stereocenters. The first-order chi connectivity index (χ1) is 8.69. The number of nitrogens with one attached hydrogen (secondary N) is 1. The van der Waals surface area contributed by atoms with Crippen LogP contribution >= 0.6 is 0 Å². The Morgan fingerprint density at radius 1 is 1.39 bits per heavy atom. The Morgan fingerprint density at radius 2 is 2.17 bits per heavy atom. The number of hydrogen-bond donors (Lipinski definition) is 1. The lowest BCUT2D eigenvalue weighted by Crippen LogP contribution is -2.12. The summed E-state index contributed by atoms with van der Waals surface area (Å²) in [6.45, 7) is 8.10. The van der Waals surface area contributed by atoms with Crippen LogP contribution in [0, 0.1) is 25.2 Å². The predicted octanol–water partition coefficient (Wildman–Crippen LogP) is 2.80. The van der Waals surface area contributed by atoms with E-state index < -0.39 is 0 Å². The van der Waals surface area contributed by atoms with Crippen molar-refractivity contribution in [1.82, 2.24) is 4.98 Å². The lowest BCUT2D eigenvalue weighted by Gasteiger charge is -2.10. The highest BCUT2D eigenvalue weighted by Gasteiger charge is 2.07. The minimum atomic E-state index is 0.620. The zero-order chi connectivity index (χ0) is 13.4. The molecule has 0 aromatic carbocycles. The highest BCUT2D eigenvalue weighted by atomic mass is 16.5. The number of hydrogen-bond acceptors (Lipinski definition) is 4. The molecular formula is C14H21N3O. The zero-order valence-corrected chi connectivity index (χ0v) is 11.4. The van der Waals surface area contributed by atoms with Crippen LogP contribution in [0.2, 0.25) is 0 Å². The van der Waals surface area contributed by atoms with Crippen LogP contribution in [0.3, 0.4) is 0 Å². The van der Waals surface area contributed by atoms with Crippen molar-refractivity contribution < 1.29 is 4.74 Å². The standard InChI is InChI=1S/C14H21N3O/c1-4-5-7-18-8-6-16-14-13(10-15)11(2)9-12(3)17-14/h9H,4-8H2,1-3H3,(H,16,17). The van der Waals surface area contributed by atoms with Gasteiger partial charge in [-0.3, -0.25) is 0 Å². The average molecular weight is 247 g/mol. The van der Waals surface area contributed by atoms with Crippen molar-refractivity contribution in [3.8, 4) is 6.07 Å². The Balaban J connectivity index is 2.49. The molecule has 0 saturated carbocycles. The van der Waals surface area contributed by atoms with Gasteiger partial charge >= 0.3 is 0 Å². The third-order valence-electron chi connectivity index (χ3n) is 2.64. The quantitative estimate of drug-likeness (QED) is 0.753. The van der Waals surface area contributed by atoms with Crippen molar-refractivity contribution >= 4 is 5.82 Å². The average Bonchev–Trinajstić information content (AvgIpc) is 2.33. The van der Waals surface area contributed by atoms with Gasteiger partial charge in [-0.25, -0.2) is 4.98 Å². The molecule has 1 N–H and O–H groups in total. The molecule has 0 fully saturated rings. The number of nitriles is 1. The van der Waals surface area contributed by atoms with E-state index in [0.717, 1.165) is 30.7 Å². The van der Waals surface area contributed by atoms with E-state index in [1.54, 1.807) is 0 Å². The van der Waals surface area contributed by atoms with Gasteiger partial charge in [-0.2, -0.15) is 5.26 Å². The van der Waals surface area contributed by atoms with Crippen molar-refractivity contribution in [2.45, 2.75) is 33.6 Å². The molecule has 1 rings (SSSR count). The number of pyridine rings is 1. The molecule has 0 aliphatic heterocycles. The largest absolute Gasteiger partial charge is 0.380 e. The Hall–Kier alpha value is -1.60. The normalized spacial score (nSPS) is 10.1. The molecule has 0 aliphatic carbocycles. The molecule has 0 saturated heterocycles. The van der Waals surface area contributed by atoms with Crippen LogP contribution in [0.25, 0.3) is 0 Å². The number of unbranched alkanes of at least 4 members (excludes halogenated alkanes) is 1. The SMILES string of the molecule is CCCCOCCNc1nc(C)cc(C)c1C#N. The fourth-order valence-corrected chi connectivity index (χ4v) is 1.70. The van der Waals surface area contributed by atoms with E-state index in [9.17, 15) is 0 Å². The lowest BCUT2D eigenvalue weighted by atomic mass is 10.1. The monoisotopic (exact) mass is 247 g/mol. The summed E-state index contributed by atoms with van der Waals surface area (Å²) in [5.41, 5.74) is 2.49. The maximum Gasteiger partial charge on any atom is 0.144 e. The number of aromatic nitrogens is 1. The van der Waals surface area contributed by atoms with E-state index in [4.69, 9.17) is 10.00 Å². The first-order valence-corrected chi connectivity index (χ1v) is 6.39. The van der Waals surface area contributed by atoms with E-state index in [1.807, 2.05) is 19.9 Å². The second-order valence-electron chi connectivity index (χ2n) is 4.31. The molecule has 0 radical (unpaired) electrons. The van der Waals surface area contributed by atoms with Gasteiger partial charge in [-0.05, 0) is 31.9 Å². The Morgan fingerprint density at radius 3 is 2.83 bits per heavy atom. The fraction of sp³-hybridized carbons (Fsp3) is 0.571. The van der Waals surface area contributed by atoms with Crippen molar-refractivity contribution in [1.29, 1.82) is 5.26 Å². The van der Waals surface area contributed by atoms with Crippen molar-refractivity contribution in [3.63, 3.8) is 0 Å². The van der Waals surface area contributed by atoms with Gasteiger partial charge in [-0.1, -0.05) is 13.3 Å². The fourth-order valence-electron chi connectivity index (χ4n) is 1.70. The number of ether oxygens (including phenoxy) is 1. The summed E-state index contributed by atoms with van der Waals surface area (Å²) in [6, 6.07) is 4.10. The van der Waals surface area contributed by atoms with Crippen LogP contribution in [0.5, 0.6) is 0 Å². The Bertz CT molecular complexity index is 424. The summed E-state index contributed by atoms with van der Waals surface area (Å²) in [6.07, 6.45) is 2.23. The minimum absolute atomic E-state index is 0.620. The van der Waals surface area contributed by atoms with Crippen LogP contribution in [0.1, 0.15) is 36.6 Å². The third-order valence-corrected chi connectivity index (χ3v) is 2.64. The summed E-state index contributed by atoms with van der Waals surface area (Å²) in [7, 11) is 0. The first kappa shape index (κ1) is 14.5. The maximum atomic E-state index is 9.10. The lowest BCUT2D eigenvalue weighted by molar-refractivity contribution is 0.141. The summed E-state index contributed by atoms with van der Waals surface area (Å²) < 4.78 is 5.46. The molecule has 0 spiro atoms. The van der Waals surface area contributed by atoms with Crippen LogP contribution in [0.4, 0.5) is 5.82 Å². The Kier molecular flexibility index (Phi) is 6.16. The number of rotatable bonds is 7. The zero-order valence-electron chi connectivity index (χ0n) is 11.4. The van der Waals surface area contributed by atoms with Crippen LogP contribution in [-0.2, 0) is 4.74 Å². The maximum absolute atomic E-state index is 9.10. The number of anilines is 1. The van der Waals surface area contributed by atoms with Gasteiger partial charge in [0.2, 0.25) is 0 Å². The molecule has 0 aliphatic rings. The molecule has 4 nitrogen and oxygen atoms in total. The van der Waals surface area contributed by atoms with Gasteiger partial charge in [-0.15, -0.1) is 0 Å². The molecule has 1 aromatic rings. The van der Waals surface area contributed by atoms with Crippen molar-refractivity contribution in [2.75, 3.05) is 25.1 Å². The molecule has 0 bridgehead atoms. The van der Waals surface area contributed by atoms with Gasteiger partial charge < -0.3 is 10.1 Å². The molecule has 18 heavy (non-hydrogen) atoms. The van der Waals surface area contributed by atoms with Crippen molar-refractivity contribution in [3.05, 3.63) is 22.9 Å². The van der Waals surface area contributed by atoms with Gasteiger partial charge in [0.25, 0.3) is 0 Å². The first-order valence-electron chi connectivity index (χ1n) is 6.39. The predicted molar refractivity (Wildman–Crippen MR) is 72.6 cm³/mol. The summed E-state index contributed by atoms with van der Waals surface area (Å²) >= 11 is 0. The summed E-state index contributed by atoms with van der Waals surface area (Å²) in [5.74, 6) is 0.661. The van der Waals surface area contributed by atoms with Gasteiger partial charge in [0.05, 0.1) is 12.2 Å². The van der Waals surface area contributed by atoms with Crippen molar-refractivity contribution in [2.24, 2.45) is 0 Å². The van der Waals surface area contributed by atoms with E-state index in [2.05, 4.69) is 23.3 Å². The second kappa shape index (κ2) is 7.67. The van der Waals surface area contributed by atoms with Gasteiger partial charge in [0, 0.05) is 18.8 Å². The van der Waals surface area contributed by atoms with Gasteiger partial charge in [0.15, 0.2) is 0 Å². The highest BCUT2D eigenvalue weighted by molar-refractivity contribution is 5.56. The van der Waals surface area contributed by atoms with Crippen LogP contribution in [-0.4, -0.2) is 24.7 Å². The van der Waals surface area contributed by atoms with E-state index in [-0.39, 0.29) is 0 Å². The molecular weight excluding hydrogens is 226 g/mol. The second-order valence-corrected chi connectivity index (χ2v) is 4.31. The van der Waals surface area contributed by atoms with Gasteiger partial charge in [0.1, 0.15) is 11.9 Å². The number of aryl methyl sites for hydroxylation is 2. The summed E-state index contributed by atoms with van der Waals surface area (Å²) in [5, 5.41) is 12.3. The highest BCUT2D eigenvalue weighted by Crippen LogP contribution is 2.17. The minimum Gasteiger partial charge on any atom is -0.380 e. The number of nitrogens with zero attached hydrogens (tertiary/aromatic N) is 2. The molecule has 1 heterocycles.